The molecule has 0 spiro atoms. The van der Waals surface area contributed by atoms with Crippen LogP contribution in [0.15, 0.2) is 24.3 Å². The fraction of sp³-hybridized carbons (Fsp3) is 0.500. The van der Waals surface area contributed by atoms with Gasteiger partial charge in [0.15, 0.2) is 0 Å². The predicted octanol–water partition coefficient (Wildman–Crippen LogP) is 2.34. The number of nitrogens with one attached hydrogen (secondary N) is 1. The fourth-order valence-corrected chi connectivity index (χ4v) is 1.98. The van der Waals surface area contributed by atoms with Crippen molar-refractivity contribution in [3.63, 3.8) is 0 Å². The Kier molecular flexibility index (Phi) is 3.62. The quantitative estimate of drug-likeness (QED) is 0.806. The molecule has 82 valence electrons. The zero-order valence-electron chi connectivity index (χ0n) is 8.75. The summed E-state index contributed by atoms with van der Waals surface area (Å²) in [7, 11) is 0. The maximum Gasteiger partial charge on any atom is 0.0459 e. The molecule has 0 aliphatic heterocycles. The molecule has 3 heteroatoms. The summed E-state index contributed by atoms with van der Waals surface area (Å²) < 4.78 is 0. The Morgan fingerprint density at radius 1 is 1.40 bits per heavy atom. The molecule has 1 saturated carbocycles. The van der Waals surface area contributed by atoms with Crippen LogP contribution in [0.2, 0.25) is 5.02 Å². The SMILES string of the molecule is NCC(NCC1CC1)c1ccccc1Cl. The molecule has 0 aromatic heterocycles. The van der Waals surface area contributed by atoms with E-state index in [0.29, 0.717) is 6.54 Å². The molecular weight excluding hydrogens is 208 g/mol. The van der Waals surface area contributed by atoms with Gasteiger partial charge < -0.3 is 11.1 Å². The van der Waals surface area contributed by atoms with Crippen molar-refractivity contribution in [3.8, 4) is 0 Å². The van der Waals surface area contributed by atoms with Crippen LogP contribution >= 0.6 is 11.6 Å². The molecule has 1 atom stereocenters. The van der Waals surface area contributed by atoms with E-state index in [9.17, 15) is 0 Å². The Balaban J connectivity index is 2.00. The summed E-state index contributed by atoms with van der Waals surface area (Å²) >= 11 is 6.13. The van der Waals surface area contributed by atoms with Crippen molar-refractivity contribution in [2.24, 2.45) is 11.7 Å². The molecule has 1 aromatic rings. The van der Waals surface area contributed by atoms with Crippen LogP contribution in [0, 0.1) is 5.92 Å². The minimum absolute atomic E-state index is 0.194. The van der Waals surface area contributed by atoms with E-state index in [-0.39, 0.29) is 6.04 Å². The van der Waals surface area contributed by atoms with E-state index >= 15 is 0 Å². The summed E-state index contributed by atoms with van der Waals surface area (Å²) in [5.41, 5.74) is 6.87. The second-order valence-corrected chi connectivity index (χ2v) is 4.57. The summed E-state index contributed by atoms with van der Waals surface area (Å²) in [5.74, 6) is 0.863. The third-order valence-corrected chi connectivity index (χ3v) is 3.21. The summed E-state index contributed by atoms with van der Waals surface area (Å²) in [6, 6.07) is 8.10. The van der Waals surface area contributed by atoms with Crippen molar-refractivity contribution in [2.45, 2.75) is 18.9 Å². The van der Waals surface area contributed by atoms with Crippen molar-refractivity contribution in [1.29, 1.82) is 0 Å². The molecule has 15 heavy (non-hydrogen) atoms. The van der Waals surface area contributed by atoms with Crippen LogP contribution in [0.5, 0.6) is 0 Å². The highest BCUT2D eigenvalue weighted by Gasteiger charge is 2.22. The van der Waals surface area contributed by atoms with Gasteiger partial charge in [-0.25, -0.2) is 0 Å². The van der Waals surface area contributed by atoms with Gasteiger partial charge in [-0.1, -0.05) is 29.8 Å². The number of rotatable bonds is 5. The van der Waals surface area contributed by atoms with E-state index in [2.05, 4.69) is 5.32 Å². The molecule has 2 rings (SSSR count). The molecule has 0 radical (unpaired) electrons. The van der Waals surface area contributed by atoms with E-state index in [4.69, 9.17) is 17.3 Å². The molecule has 3 N–H and O–H groups in total. The third kappa shape index (κ3) is 2.94. The largest absolute Gasteiger partial charge is 0.329 e. The zero-order chi connectivity index (χ0) is 10.7. The first-order valence-corrected chi connectivity index (χ1v) is 5.87. The van der Waals surface area contributed by atoms with E-state index < -0.39 is 0 Å². The molecule has 1 aromatic carbocycles. The summed E-state index contributed by atoms with van der Waals surface area (Å²) in [4.78, 5) is 0. The maximum atomic E-state index is 6.13. The van der Waals surface area contributed by atoms with Gasteiger partial charge in [0, 0.05) is 17.6 Å². The van der Waals surface area contributed by atoms with Crippen LogP contribution in [0.4, 0.5) is 0 Å². The van der Waals surface area contributed by atoms with Gasteiger partial charge in [-0.15, -0.1) is 0 Å². The summed E-state index contributed by atoms with van der Waals surface area (Å²) in [6.07, 6.45) is 2.71. The second-order valence-electron chi connectivity index (χ2n) is 4.16. The summed E-state index contributed by atoms with van der Waals surface area (Å²) in [6.45, 7) is 1.66. The molecule has 1 aliphatic rings. The average molecular weight is 225 g/mol. The number of nitrogens with two attached hydrogens (primary N) is 1. The van der Waals surface area contributed by atoms with Gasteiger partial charge in [0.2, 0.25) is 0 Å². The maximum absolute atomic E-state index is 6.13. The van der Waals surface area contributed by atoms with Crippen LogP contribution in [0.1, 0.15) is 24.4 Å². The smallest absolute Gasteiger partial charge is 0.0459 e. The van der Waals surface area contributed by atoms with Crippen LogP contribution in [-0.2, 0) is 0 Å². The minimum Gasteiger partial charge on any atom is -0.329 e. The number of benzene rings is 1. The lowest BCUT2D eigenvalue weighted by Gasteiger charge is -2.18. The zero-order valence-corrected chi connectivity index (χ0v) is 9.50. The number of hydrogen-bond donors (Lipinski definition) is 2. The highest BCUT2D eigenvalue weighted by molar-refractivity contribution is 6.31. The normalized spacial score (nSPS) is 17.7. The lowest BCUT2D eigenvalue weighted by Crippen LogP contribution is -2.30. The van der Waals surface area contributed by atoms with Crippen molar-refractivity contribution in [3.05, 3.63) is 34.9 Å². The van der Waals surface area contributed by atoms with Crippen molar-refractivity contribution >= 4 is 11.6 Å². The van der Waals surface area contributed by atoms with E-state index in [1.807, 2.05) is 24.3 Å². The Bertz CT molecular complexity index is 323. The first-order chi connectivity index (χ1) is 7.31. The van der Waals surface area contributed by atoms with Crippen molar-refractivity contribution in [1.82, 2.24) is 5.32 Å². The van der Waals surface area contributed by atoms with E-state index in [1.54, 1.807) is 0 Å². The topological polar surface area (TPSA) is 38.0 Å². The van der Waals surface area contributed by atoms with E-state index in [0.717, 1.165) is 23.0 Å². The lowest BCUT2D eigenvalue weighted by atomic mass is 10.1. The average Bonchev–Trinajstić information content (AvgIpc) is 3.05. The molecule has 2 nitrogen and oxygen atoms in total. The van der Waals surface area contributed by atoms with Crippen LogP contribution in [-0.4, -0.2) is 13.1 Å². The van der Waals surface area contributed by atoms with Crippen molar-refractivity contribution in [2.75, 3.05) is 13.1 Å². The Morgan fingerprint density at radius 3 is 2.73 bits per heavy atom. The first kappa shape index (κ1) is 10.9. The Hall–Kier alpha value is -0.570. The van der Waals surface area contributed by atoms with Gasteiger partial charge >= 0.3 is 0 Å². The van der Waals surface area contributed by atoms with Crippen LogP contribution in [0.25, 0.3) is 0 Å². The molecule has 0 amide bonds. The van der Waals surface area contributed by atoms with Gasteiger partial charge in [0.1, 0.15) is 0 Å². The van der Waals surface area contributed by atoms with Gasteiger partial charge in [-0.3, -0.25) is 0 Å². The molecule has 0 bridgehead atoms. The highest BCUT2D eigenvalue weighted by atomic mass is 35.5. The fourth-order valence-electron chi connectivity index (χ4n) is 1.71. The van der Waals surface area contributed by atoms with Gasteiger partial charge in [-0.2, -0.15) is 0 Å². The second kappa shape index (κ2) is 4.97. The van der Waals surface area contributed by atoms with Gasteiger partial charge in [-0.05, 0) is 36.9 Å². The molecule has 0 saturated heterocycles. The summed E-state index contributed by atoms with van der Waals surface area (Å²) in [5, 5.41) is 4.28. The number of halogens is 1. The Labute approximate surface area is 95.8 Å². The van der Waals surface area contributed by atoms with Gasteiger partial charge in [0.25, 0.3) is 0 Å². The highest BCUT2D eigenvalue weighted by Crippen LogP contribution is 2.29. The van der Waals surface area contributed by atoms with Gasteiger partial charge in [0.05, 0.1) is 0 Å². The Morgan fingerprint density at radius 2 is 2.13 bits per heavy atom. The molecule has 0 heterocycles. The van der Waals surface area contributed by atoms with Crippen LogP contribution < -0.4 is 11.1 Å². The molecule has 1 fully saturated rings. The minimum atomic E-state index is 0.194. The van der Waals surface area contributed by atoms with E-state index in [1.165, 1.54) is 12.8 Å². The molecular formula is C12H17ClN2. The number of hydrogen-bond acceptors (Lipinski definition) is 2. The molecule has 1 aliphatic carbocycles. The standard InChI is InChI=1S/C12H17ClN2/c13-11-4-2-1-3-10(11)12(7-14)15-8-9-5-6-9/h1-4,9,12,15H,5-8,14H2. The van der Waals surface area contributed by atoms with Crippen molar-refractivity contribution < 1.29 is 0 Å². The predicted molar refractivity (Wildman–Crippen MR) is 64.0 cm³/mol. The lowest BCUT2D eigenvalue weighted by molar-refractivity contribution is 0.522. The molecule has 1 unspecified atom stereocenters. The first-order valence-electron chi connectivity index (χ1n) is 5.49. The monoisotopic (exact) mass is 224 g/mol. The van der Waals surface area contributed by atoms with Crippen LogP contribution in [0.3, 0.4) is 0 Å². The third-order valence-electron chi connectivity index (χ3n) is 2.87.